The molecule has 35 heavy (non-hydrogen) atoms. The highest BCUT2D eigenvalue weighted by molar-refractivity contribution is 5.76. The molecule has 1 aliphatic rings. The summed E-state index contributed by atoms with van der Waals surface area (Å²) in [5.74, 6) is -5.43. The standard InChI is InChI=1S/C26H23F5N2O2/c1-16-6-2-3-7-17(16)12-13-25(35-24(34)26(29,30)31)32-22(18-8-4-10-20(27)14-18)23(33-25)19-9-5-11-21(28)15-19/h2-11,14-15,22-23,32-33H,12-13H2,1H3. The van der Waals surface area contributed by atoms with Crippen molar-refractivity contribution in [3.8, 4) is 0 Å². The molecule has 2 unspecified atom stereocenters. The SMILES string of the molecule is Cc1ccccc1CCC1(OC(=O)C(F)(F)F)NC(c2cccc(F)c2)C(c2cccc(F)c2)N1. The second-order valence-electron chi connectivity index (χ2n) is 8.49. The third-order valence-electron chi connectivity index (χ3n) is 6.03. The van der Waals surface area contributed by atoms with E-state index in [1.165, 1.54) is 36.4 Å². The first kappa shape index (κ1) is 24.8. The number of carbonyl (C=O) groups is 1. The number of halogens is 5. The lowest BCUT2D eigenvalue weighted by molar-refractivity contribution is -0.219. The molecule has 4 nitrogen and oxygen atoms in total. The van der Waals surface area contributed by atoms with Crippen LogP contribution in [0.2, 0.25) is 0 Å². The smallest absolute Gasteiger partial charge is 0.424 e. The summed E-state index contributed by atoms with van der Waals surface area (Å²) in [5, 5.41) is 5.93. The zero-order valence-electron chi connectivity index (χ0n) is 18.7. The van der Waals surface area contributed by atoms with Crippen LogP contribution in [0.15, 0.2) is 72.8 Å². The summed E-state index contributed by atoms with van der Waals surface area (Å²) >= 11 is 0. The Bertz CT molecular complexity index is 1160. The molecule has 0 radical (unpaired) electrons. The summed E-state index contributed by atoms with van der Waals surface area (Å²) < 4.78 is 72.8. The highest BCUT2D eigenvalue weighted by Crippen LogP contribution is 2.40. The maximum Gasteiger partial charge on any atom is 0.491 e. The van der Waals surface area contributed by atoms with Gasteiger partial charge in [0.15, 0.2) is 0 Å². The molecule has 0 saturated carbocycles. The molecule has 0 aliphatic carbocycles. The molecule has 0 amide bonds. The average molecular weight is 490 g/mol. The van der Waals surface area contributed by atoms with Crippen LogP contribution in [0.25, 0.3) is 0 Å². The molecule has 1 aliphatic heterocycles. The number of hydrogen-bond acceptors (Lipinski definition) is 4. The summed E-state index contributed by atoms with van der Waals surface area (Å²) in [6.45, 7) is 1.87. The van der Waals surface area contributed by atoms with E-state index < -0.39 is 41.7 Å². The van der Waals surface area contributed by atoms with Gasteiger partial charge in [-0.05, 0) is 59.9 Å². The van der Waals surface area contributed by atoms with E-state index in [0.29, 0.717) is 11.1 Å². The fraction of sp³-hybridized carbons (Fsp3) is 0.269. The van der Waals surface area contributed by atoms with Gasteiger partial charge in [0.05, 0.1) is 12.1 Å². The summed E-state index contributed by atoms with van der Waals surface area (Å²) in [4.78, 5) is 12.0. The largest absolute Gasteiger partial charge is 0.491 e. The third kappa shape index (κ3) is 5.68. The molecular formula is C26H23F5N2O2. The third-order valence-corrected chi connectivity index (χ3v) is 6.03. The van der Waals surface area contributed by atoms with Gasteiger partial charge in [-0.25, -0.2) is 13.6 Å². The Morgan fingerprint density at radius 3 is 1.91 bits per heavy atom. The molecule has 2 N–H and O–H groups in total. The predicted molar refractivity (Wildman–Crippen MR) is 119 cm³/mol. The zero-order valence-corrected chi connectivity index (χ0v) is 18.7. The van der Waals surface area contributed by atoms with Crippen LogP contribution in [0.4, 0.5) is 22.0 Å². The van der Waals surface area contributed by atoms with Gasteiger partial charge in [0, 0.05) is 6.42 Å². The number of aryl methyl sites for hydroxylation is 2. The number of ether oxygens (including phenoxy) is 1. The molecule has 0 spiro atoms. The Balaban J connectivity index is 1.75. The molecule has 9 heteroatoms. The van der Waals surface area contributed by atoms with Gasteiger partial charge in [-0.15, -0.1) is 0 Å². The molecule has 1 fully saturated rings. The molecule has 0 aromatic heterocycles. The van der Waals surface area contributed by atoms with Crippen molar-refractivity contribution in [2.45, 2.75) is 43.9 Å². The number of benzene rings is 3. The lowest BCUT2D eigenvalue weighted by Gasteiger charge is -2.31. The Hall–Kier alpha value is -3.30. The van der Waals surface area contributed by atoms with Crippen LogP contribution in [0, 0.1) is 18.6 Å². The van der Waals surface area contributed by atoms with Crippen molar-refractivity contribution in [3.63, 3.8) is 0 Å². The maximum atomic E-state index is 14.0. The van der Waals surface area contributed by atoms with E-state index in [-0.39, 0.29) is 12.8 Å². The number of rotatable bonds is 6. The van der Waals surface area contributed by atoms with Crippen LogP contribution in [0.3, 0.4) is 0 Å². The van der Waals surface area contributed by atoms with Gasteiger partial charge in [-0.1, -0.05) is 48.5 Å². The molecule has 1 saturated heterocycles. The minimum absolute atomic E-state index is 0.0721. The number of carbonyl (C=O) groups excluding carboxylic acids is 1. The van der Waals surface area contributed by atoms with E-state index in [2.05, 4.69) is 10.6 Å². The predicted octanol–water partition coefficient (Wildman–Crippen LogP) is 5.64. The van der Waals surface area contributed by atoms with Crippen LogP contribution in [0.1, 0.15) is 40.8 Å². The molecule has 4 rings (SSSR count). The number of hydrogen-bond donors (Lipinski definition) is 2. The second-order valence-corrected chi connectivity index (χ2v) is 8.49. The van der Waals surface area contributed by atoms with E-state index in [0.717, 1.165) is 11.1 Å². The Morgan fingerprint density at radius 1 is 0.886 bits per heavy atom. The summed E-state index contributed by atoms with van der Waals surface area (Å²) in [7, 11) is 0. The van der Waals surface area contributed by atoms with Crippen molar-refractivity contribution in [2.24, 2.45) is 0 Å². The van der Waals surface area contributed by atoms with Crippen molar-refractivity contribution in [3.05, 3.63) is 107 Å². The minimum Gasteiger partial charge on any atom is -0.424 e. The highest BCUT2D eigenvalue weighted by atomic mass is 19.4. The molecule has 0 bridgehead atoms. The molecule has 3 aromatic carbocycles. The van der Waals surface area contributed by atoms with Gasteiger partial charge in [0.2, 0.25) is 5.85 Å². The molecule has 3 aromatic rings. The quantitative estimate of drug-likeness (QED) is 0.347. The van der Waals surface area contributed by atoms with Crippen molar-refractivity contribution in [2.75, 3.05) is 0 Å². The van der Waals surface area contributed by atoms with Gasteiger partial charge in [0.25, 0.3) is 0 Å². The fourth-order valence-corrected chi connectivity index (χ4v) is 4.33. The van der Waals surface area contributed by atoms with E-state index >= 15 is 0 Å². The van der Waals surface area contributed by atoms with Crippen LogP contribution in [-0.4, -0.2) is 18.0 Å². The topological polar surface area (TPSA) is 50.4 Å². The fourth-order valence-electron chi connectivity index (χ4n) is 4.33. The maximum absolute atomic E-state index is 14.0. The summed E-state index contributed by atoms with van der Waals surface area (Å²) in [6.07, 6.45) is -5.04. The van der Waals surface area contributed by atoms with Crippen molar-refractivity contribution in [1.82, 2.24) is 10.6 Å². The monoisotopic (exact) mass is 490 g/mol. The average Bonchev–Trinajstić information content (AvgIpc) is 3.18. The summed E-state index contributed by atoms with van der Waals surface area (Å²) in [5.41, 5.74) is 2.57. The van der Waals surface area contributed by atoms with Gasteiger partial charge >= 0.3 is 12.1 Å². The Kier molecular flexibility index (Phi) is 6.91. The molecule has 184 valence electrons. The second kappa shape index (κ2) is 9.75. The number of nitrogens with one attached hydrogen (secondary N) is 2. The van der Waals surface area contributed by atoms with Crippen LogP contribution < -0.4 is 10.6 Å². The first-order valence-corrected chi connectivity index (χ1v) is 11.0. The molecular weight excluding hydrogens is 467 g/mol. The van der Waals surface area contributed by atoms with Crippen LogP contribution in [-0.2, 0) is 16.0 Å². The summed E-state index contributed by atoms with van der Waals surface area (Å²) in [6, 6.07) is 16.7. The first-order chi connectivity index (χ1) is 16.6. The Labute approximate surface area is 199 Å². The van der Waals surface area contributed by atoms with Gasteiger partial charge in [-0.2, -0.15) is 13.2 Å². The highest BCUT2D eigenvalue weighted by Gasteiger charge is 2.52. The van der Waals surface area contributed by atoms with Crippen LogP contribution in [0.5, 0.6) is 0 Å². The van der Waals surface area contributed by atoms with Crippen LogP contribution >= 0.6 is 0 Å². The first-order valence-electron chi connectivity index (χ1n) is 11.0. The lowest BCUT2D eigenvalue weighted by atomic mass is 9.95. The van der Waals surface area contributed by atoms with Gasteiger partial charge in [-0.3, -0.25) is 10.6 Å². The number of alkyl halides is 3. The van der Waals surface area contributed by atoms with E-state index in [4.69, 9.17) is 4.74 Å². The molecule has 2 atom stereocenters. The van der Waals surface area contributed by atoms with Crippen molar-refractivity contribution in [1.29, 1.82) is 0 Å². The molecule has 1 heterocycles. The van der Waals surface area contributed by atoms with E-state index in [1.54, 1.807) is 18.2 Å². The normalized spacial score (nSPS) is 22.2. The van der Waals surface area contributed by atoms with Gasteiger partial charge < -0.3 is 4.74 Å². The Morgan fingerprint density at radius 2 is 1.43 bits per heavy atom. The van der Waals surface area contributed by atoms with Crippen molar-refractivity contribution < 1.29 is 31.5 Å². The van der Waals surface area contributed by atoms with E-state index in [9.17, 15) is 26.7 Å². The van der Waals surface area contributed by atoms with E-state index in [1.807, 2.05) is 25.1 Å². The minimum atomic E-state index is -5.23. The van der Waals surface area contributed by atoms with Gasteiger partial charge in [0.1, 0.15) is 11.6 Å². The zero-order chi connectivity index (χ0) is 25.2. The number of esters is 1. The van der Waals surface area contributed by atoms with Crippen molar-refractivity contribution >= 4 is 5.97 Å². The lowest BCUT2D eigenvalue weighted by Crippen LogP contribution is -2.55.